The van der Waals surface area contributed by atoms with E-state index in [9.17, 15) is 8.42 Å². The SMILES string of the molecule is CCCCS(=O)(=O)NCC(Cc1cccnc1)c1ccccc1. The first-order valence-corrected chi connectivity index (χ1v) is 9.67. The molecule has 124 valence electrons. The molecule has 23 heavy (non-hydrogen) atoms. The van der Waals surface area contributed by atoms with Crippen LogP contribution >= 0.6 is 0 Å². The fourth-order valence-corrected chi connectivity index (χ4v) is 3.74. The van der Waals surface area contributed by atoms with E-state index in [1.54, 1.807) is 6.20 Å². The molecule has 0 saturated carbocycles. The highest BCUT2D eigenvalue weighted by atomic mass is 32.2. The number of nitrogens with zero attached hydrogens (tertiary/aromatic N) is 1. The van der Waals surface area contributed by atoms with Gasteiger partial charge in [0, 0.05) is 24.9 Å². The van der Waals surface area contributed by atoms with Crippen LogP contribution in [0.3, 0.4) is 0 Å². The second-order valence-electron chi connectivity index (χ2n) is 5.69. The Bertz CT molecular complexity index is 673. The molecule has 2 aromatic rings. The van der Waals surface area contributed by atoms with Crippen molar-refractivity contribution in [3.63, 3.8) is 0 Å². The standard InChI is InChI=1S/C18H24N2O2S/c1-2-3-12-23(21,22)20-15-18(17-9-5-4-6-10-17)13-16-8-7-11-19-14-16/h4-11,14,18,20H,2-3,12-13,15H2,1H3. The van der Waals surface area contributed by atoms with E-state index in [1.807, 2.05) is 55.6 Å². The van der Waals surface area contributed by atoms with Gasteiger partial charge in [0.05, 0.1) is 5.75 Å². The average molecular weight is 332 g/mol. The summed E-state index contributed by atoms with van der Waals surface area (Å²) in [6.45, 7) is 2.40. The number of pyridine rings is 1. The molecular weight excluding hydrogens is 308 g/mol. The van der Waals surface area contributed by atoms with Gasteiger partial charge in [-0.25, -0.2) is 13.1 Å². The van der Waals surface area contributed by atoms with Gasteiger partial charge < -0.3 is 0 Å². The number of unbranched alkanes of at least 4 members (excludes halogenated alkanes) is 1. The van der Waals surface area contributed by atoms with Gasteiger partial charge in [-0.15, -0.1) is 0 Å². The van der Waals surface area contributed by atoms with Crippen LogP contribution in [0.2, 0.25) is 0 Å². The second kappa shape index (κ2) is 8.79. The van der Waals surface area contributed by atoms with E-state index in [-0.39, 0.29) is 11.7 Å². The van der Waals surface area contributed by atoms with Crippen molar-refractivity contribution in [3.8, 4) is 0 Å². The summed E-state index contributed by atoms with van der Waals surface area (Å²) in [5, 5.41) is 0. The number of hydrogen-bond donors (Lipinski definition) is 1. The van der Waals surface area contributed by atoms with Crippen LogP contribution in [0.25, 0.3) is 0 Å². The minimum Gasteiger partial charge on any atom is -0.264 e. The third-order valence-electron chi connectivity index (χ3n) is 3.79. The highest BCUT2D eigenvalue weighted by Crippen LogP contribution is 2.20. The van der Waals surface area contributed by atoms with Gasteiger partial charge in [0.2, 0.25) is 10.0 Å². The van der Waals surface area contributed by atoms with Crippen molar-refractivity contribution < 1.29 is 8.42 Å². The summed E-state index contributed by atoms with van der Waals surface area (Å²) in [5.41, 5.74) is 2.24. The van der Waals surface area contributed by atoms with Crippen LogP contribution in [-0.2, 0) is 16.4 Å². The molecule has 0 saturated heterocycles. The van der Waals surface area contributed by atoms with E-state index in [2.05, 4.69) is 9.71 Å². The van der Waals surface area contributed by atoms with Gasteiger partial charge in [-0.05, 0) is 30.0 Å². The van der Waals surface area contributed by atoms with Crippen molar-refractivity contribution in [1.29, 1.82) is 0 Å². The van der Waals surface area contributed by atoms with Crippen molar-refractivity contribution >= 4 is 10.0 Å². The molecule has 1 unspecified atom stereocenters. The fourth-order valence-electron chi connectivity index (χ4n) is 2.47. The van der Waals surface area contributed by atoms with Gasteiger partial charge in [-0.3, -0.25) is 4.98 Å². The highest BCUT2D eigenvalue weighted by molar-refractivity contribution is 7.89. The molecule has 0 aliphatic carbocycles. The summed E-state index contributed by atoms with van der Waals surface area (Å²) < 4.78 is 26.9. The molecule has 1 heterocycles. The van der Waals surface area contributed by atoms with Crippen LogP contribution < -0.4 is 4.72 Å². The molecule has 0 aliphatic rings. The van der Waals surface area contributed by atoms with Crippen LogP contribution in [-0.4, -0.2) is 25.7 Å². The normalized spacial score (nSPS) is 12.9. The summed E-state index contributed by atoms with van der Waals surface area (Å²) in [6, 6.07) is 13.9. The second-order valence-corrected chi connectivity index (χ2v) is 7.62. The first-order valence-electron chi connectivity index (χ1n) is 8.02. The van der Waals surface area contributed by atoms with Crippen LogP contribution in [0.4, 0.5) is 0 Å². The van der Waals surface area contributed by atoms with Crippen LogP contribution in [0.5, 0.6) is 0 Å². The number of benzene rings is 1. The first kappa shape index (κ1) is 17.6. The predicted molar refractivity (Wildman–Crippen MR) is 93.8 cm³/mol. The largest absolute Gasteiger partial charge is 0.264 e. The maximum Gasteiger partial charge on any atom is 0.211 e. The summed E-state index contributed by atoms with van der Waals surface area (Å²) in [5.74, 6) is 0.287. The number of hydrogen-bond acceptors (Lipinski definition) is 3. The molecule has 1 N–H and O–H groups in total. The van der Waals surface area contributed by atoms with Crippen molar-refractivity contribution in [1.82, 2.24) is 9.71 Å². The smallest absolute Gasteiger partial charge is 0.211 e. The Morgan fingerprint density at radius 1 is 1.13 bits per heavy atom. The van der Waals surface area contributed by atoms with Gasteiger partial charge in [-0.2, -0.15) is 0 Å². The minimum atomic E-state index is -3.20. The number of aromatic nitrogens is 1. The molecule has 0 spiro atoms. The molecule has 0 aliphatic heterocycles. The van der Waals surface area contributed by atoms with Crippen LogP contribution in [0.15, 0.2) is 54.9 Å². The van der Waals surface area contributed by atoms with Crippen LogP contribution in [0.1, 0.15) is 36.8 Å². The topological polar surface area (TPSA) is 59.1 Å². The van der Waals surface area contributed by atoms with E-state index in [0.717, 1.165) is 24.0 Å². The van der Waals surface area contributed by atoms with Crippen molar-refractivity contribution in [2.75, 3.05) is 12.3 Å². The highest BCUT2D eigenvalue weighted by Gasteiger charge is 2.16. The zero-order chi connectivity index (χ0) is 16.5. The molecule has 0 amide bonds. The van der Waals surface area contributed by atoms with E-state index in [1.165, 1.54) is 0 Å². The minimum absolute atomic E-state index is 0.0943. The zero-order valence-electron chi connectivity index (χ0n) is 13.5. The molecule has 2 rings (SSSR count). The summed E-state index contributed by atoms with van der Waals surface area (Å²) in [6.07, 6.45) is 5.90. The predicted octanol–water partition coefficient (Wildman–Crippen LogP) is 3.13. The Balaban J connectivity index is 2.08. The van der Waals surface area contributed by atoms with E-state index in [4.69, 9.17) is 0 Å². The maximum atomic E-state index is 12.1. The van der Waals surface area contributed by atoms with Crippen LogP contribution in [0, 0.1) is 0 Å². The molecule has 0 bridgehead atoms. The quantitative estimate of drug-likeness (QED) is 0.767. The Morgan fingerprint density at radius 3 is 2.57 bits per heavy atom. The average Bonchev–Trinajstić information content (AvgIpc) is 2.58. The van der Waals surface area contributed by atoms with E-state index in [0.29, 0.717) is 13.0 Å². The lowest BCUT2D eigenvalue weighted by Crippen LogP contribution is -2.31. The summed E-state index contributed by atoms with van der Waals surface area (Å²) in [7, 11) is -3.20. The lowest BCUT2D eigenvalue weighted by molar-refractivity contribution is 0.565. The van der Waals surface area contributed by atoms with Gasteiger partial charge in [0.15, 0.2) is 0 Å². The van der Waals surface area contributed by atoms with Gasteiger partial charge >= 0.3 is 0 Å². The molecule has 1 aromatic carbocycles. The van der Waals surface area contributed by atoms with Gasteiger partial charge in [-0.1, -0.05) is 49.7 Å². The van der Waals surface area contributed by atoms with Crippen molar-refractivity contribution in [2.24, 2.45) is 0 Å². The Morgan fingerprint density at radius 2 is 1.91 bits per heavy atom. The molecule has 1 atom stereocenters. The zero-order valence-corrected chi connectivity index (χ0v) is 14.3. The van der Waals surface area contributed by atoms with Crippen molar-refractivity contribution in [2.45, 2.75) is 32.1 Å². The number of rotatable bonds is 9. The monoisotopic (exact) mass is 332 g/mol. The lowest BCUT2D eigenvalue weighted by Gasteiger charge is -2.18. The van der Waals surface area contributed by atoms with Gasteiger partial charge in [0.25, 0.3) is 0 Å². The molecule has 0 fully saturated rings. The van der Waals surface area contributed by atoms with Crippen molar-refractivity contribution in [3.05, 3.63) is 66.0 Å². The Kier molecular flexibility index (Phi) is 6.74. The molecule has 5 heteroatoms. The van der Waals surface area contributed by atoms with E-state index < -0.39 is 10.0 Å². The summed E-state index contributed by atoms with van der Waals surface area (Å²) in [4.78, 5) is 4.14. The van der Waals surface area contributed by atoms with Gasteiger partial charge in [0.1, 0.15) is 0 Å². The molecular formula is C18H24N2O2S. The third kappa shape index (κ3) is 6.12. The third-order valence-corrected chi connectivity index (χ3v) is 5.22. The molecule has 4 nitrogen and oxygen atoms in total. The van der Waals surface area contributed by atoms with E-state index >= 15 is 0 Å². The first-order chi connectivity index (χ1) is 11.1. The number of sulfonamides is 1. The fraction of sp³-hybridized carbons (Fsp3) is 0.389. The number of nitrogens with one attached hydrogen (secondary N) is 1. The Labute approximate surface area is 139 Å². The lowest BCUT2D eigenvalue weighted by atomic mass is 9.93. The molecule has 1 aromatic heterocycles. The Hall–Kier alpha value is -1.72. The molecule has 0 radical (unpaired) electrons. The summed E-state index contributed by atoms with van der Waals surface area (Å²) >= 11 is 0. The maximum absolute atomic E-state index is 12.1.